The number of hydrogen-bond acceptors (Lipinski definition) is 4. The van der Waals surface area contributed by atoms with Gasteiger partial charge in [-0.15, -0.1) is 11.3 Å². The van der Waals surface area contributed by atoms with E-state index in [0.717, 1.165) is 27.5 Å². The first-order chi connectivity index (χ1) is 9.43. The summed E-state index contributed by atoms with van der Waals surface area (Å²) in [5.41, 5.74) is 0.702. The molecule has 0 spiro atoms. The fraction of sp³-hybridized carbons (Fsp3) is 0.462. The van der Waals surface area contributed by atoms with Gasteiger partial charge in [0.1, 0.15) is 10.9 Å². The number of thiophene rings is 1. The van der Waals surface area contributed by atoms with Crippen molar-refractivity contribution in [1.29, 1.82) is 0 Å². The minimum absolute atomic E-state index is 0.125. The third-order valence-electron chi connectivity index (χ3n) is 3.24. The number of aryl methyl sites for hydroxylation is 1. The average Bonchev–Trinajstić information content (AvgIpc) is 2.87. The summed E-state index contributed by atoms with van der Waals surface area (Å²) in [6, 6.07) is 0.664. The molecule has 1 unspecified atom stereocenters. The number of carboxylic acid groups (broad SMARTS) is 1. The molecule has 2 heterocycles. The molecule has 2 rings (SSSR count). The second-order valence-corrected chi connectivity index (χ2v) is 5.97. The summed E-state index contributed by atoms with van der Waals surface area (Å²) in [4.78, 5) is 37.0. The van der Waals surface area contributed by atoms with Crippen molar-refractivity contribution in [3.8, 4) is 0 Å². The minimum Gasteiger partial charge on any atom is -0.477 e. The highest BCUT2D eigenvalue weighted by Gasteiger charge is 2.37. The molecular formula is C13H16N2O4S. The molecule has 6 nitrogen and oxygen atoms in total. The van der Waals surface area contributed by atoms with E-state index in [0.29, 0.717) is 12.0 Å². The second kappa shape index (κ2) is 5.62. The summed E-state index contributed by atoms with van der Waals surface area (Å²) in [6.07, 6.45) is 1.43. The summed E-state index contributed by atoms with van der Waals surface area (Å²) in [5.74, 6) is -1.23. The minimum atomic E-state index is -0.995. The predicted molar refractivity (Wildman–Crippen MR) is 73.8 cm³/mol. The second-order valence-electron chi connectivity index (χ2n) is 4.71. The molecule has 0 bridgehead atoms. The number of nitrogens with zero attached hydrogens (tertiary/aromatic N) is 1. The van der Waals surface area contributed by atoms with Crippen LogP contribution in [0.15, 0.2) is 6.07 Å². The van der Waals surface area contributed by atoms with Crippen molar-refractivity contribution in [2.45, 2.75) is 39.3 Å². The van der Waals surface area contributed by atoms with E-state index in [1.807, 2.05) is 6.92 Å². The predicted octanol–water partition coefficient (Wildman–Crippen LogP) is 1.98. The molecule has 0 radical (unpaired) electrons. The van der Waals surface area contributed by atoms with Crippen LogP contribution < -0.4 is 5.32 Å². The third kappa shape index (κ3) is 2.67. The van der Waals surface area contributed by atoms with E-state index >= 15 is 0 Å². The number of carbonyl (C=O) groups excluding carboxylic acids is 2. The van der Waals surface area contributed by atoms with Crippen molar-refractivity contribution in [2.75, 3.05) is 0 Å². The first-order valence-corrected chi connectivity index (χ1v) is 7.20. The van der Waals surface area contributed by atoms with E-state index in [4.69, 9.17) is 5.11 Å². The van der Waals surface area contributed by atoms with Crippen LogP contribution in [0.2, 0.25) is 0 Å². The number of carbonyl (C=O) groups is 3. The van der Waals surface area contributed by atoms with Crippen molar-refractivity contribution in [3.63, 3.8) is 0 Å². The van der Waals surface area contributed by atoms with Gasteiger partial charge in [0, 0.05) is 4.88 Å². The van der Waals surface area contributed by atoms with Crippen LogP contribution in [0.1, 0.15) is 39.9 Å². The molecule has 3 amide bonds. The molecule has 1 fully saturated rings. The van der Waals surface area contributed by atoms with Crippen LogP contribution in [-0.2, 0) is 11.3 Å². The van der Waals surface area contributed by atoms with Gasteiger partial charge in [-0.3, -0.25) is 9.69 Å². The van der Waals surface area contributed by atoms with E-state index in [-0.39, 0.29) is 17.3 Å². The van der Waals surface area contributed by atoms with Crippen LogP contribution in [0.4, 0.5) is 4.79 Å². The molecule has 1 saturated heterocycles. The number of carboxylic acids is 1. The smallest absolute Gasteiger partial charge is 0.345 e. The lowest BCUT2D eigenvalue weighted by molar-refractivity contribution is -0.128. The third-order valence-corrected chi connectivity index (χ3v) is 4.32. The molecule has 1 atom stereocenters. The molecule has 0 aliphatic carbocycles. The zero-order valence-electron chi connectivity index (χ0n) is 11.3. The Morgan fingerprint density at radius 2 is 2.20 bits per heavy atom. The van der Waals surface area contributed by atoms with Gasteiger partial charge >= 0.3 is 12.0 Å². The molecule has 7 heteroatoms. The molecule has 1 aromatic heterocycles. The van der Waals surface area contributed by atoms with Gasteiger partial charge in [-0.25, -0.2) is 9.59 Å². The van der Waals surface area contributed by atoms with Crippen molar-refractivity contribution < 1.29 is 19.5 Å². The first-order valence-electron chi connectivity index (χ1n) is 6.38. The Bertz CT molecular complexity index is 567. The zero-order chi connectivity index (χ0) is 14.9. The van der Waals surface area contributed by atoms with Gasteiger partial charge in [-0.2, -0.15) is 0 Å². The SMILES string of the molecule is CCCC1NC(=O)N(Cc2cc(C(=O)O)sc2C)C1=O. The Hall–Kier alpha value is -1.89. The fourth-order valence-corrected chi connectivity index (χ4v) is 3.04. The summed E-state index contributed by atoms with van der Waals surface area (Å²) < 4.78 is 0. The number of hydrogen-bond donors (Lipinski definition) is 2. The van der Waals surface area contributed by atoms with Crippen LogP contribution in [0.3, 0.4) is 0 Å². The lowest BCUT2D eigenvalue weighted by Crippen LogP contribution is -2.31. The quantitative estimate of drug-likeness (QED) is 0.813. The number of nitrogens with one attached hydrogen (secondary N) is 1. The van der Waals surface area contributed by atoms with Gasteiger partial charge in [0.2, 0.25) is 0 Å². The Kier molecular flexibility index (Phi) is 4.08. The number of aromatic carboxylic acids is 1. The van der Waals surface area contributed by atoms with Gasteiger partial charge in [0.15, 0.2) is 0 Å². The van der Waals surface area contributed by atoms with E-state index in [1.54, 1.807) is 6.92 Å². The van der Waals surface area contributed by atoms with Gasteiger partial charge in [-0.05, 0) is 25.0 Å². The molecule has 2 N–H and O–H groups in total. The highest BCUT2D eigenvalue weighted by Crippen LogP contribution is 2.24. The summed E-state index contributed by atoms with van der Waals surface area (Å²) in [7, 11) is 0. The van der Waals surface area contributed by atoms with Gasteiger partial charge in [0.05, 0.1) is 6.54 Å². The molecule has 20 heavy (non-hydrogen) atoms. The zero-order valence-corrected chi connectivity index (χ0v) is 12.1. The van der Waals surface area contributed by atoms with Gasteiger partial charge in [-0.1, -0.05) is 13.3 Å². The van der Waals surface area contributed by atoms with Crippen LogP contribution in [0.25, 0.3) is 0 Å². The van der Waals surface area contributed by atoms with Crippen LogP contribution in [0, 0.1) is 6.92 Å². The Labute approximate surface area is 120 Å². The maximum absolute atomic E-state index is 12.1. The molecule has 1 aliphatic heterocycles. The lowest BCUT2D eigenvalue weighted by atomic mass is 10.1. The van der Waals surface area contributed by atoms with Gasteiger partial charge in [0.25, 0.3) is 5.91 Å². The van der Waals surface area contributed by atoms with Gasteiger partial charge < -0.3 is 10.4 Å². The molecule has 0 aromatic carbocycles. The lowest BCUT2D eigenvalue weighted by Gasteiger charge is -2.12. The molecule has 108 valence electrons. The Balaban J connectivity index is 2.15. The number of rotatable bonds is 5. The molecule has 0 saturated carbocycles. The fourth-order valence-electron chi connectivity index (χ4n) is 2.16. The Morgan fingerprint density at radius 3 is 2.75 bits per heavy atom. The number of amides is 3. The van der Waals surface area contributed by atoms with E-state index in [2.05, 4.69) is 5.32 Å². The van der Waals surface area contributed by atoms with E-state index in [9.17, 15) is 14.4 Å². The standard InChI is InChI=1S/C13H16N2O4S/c1-3-4-9-11(16)15(13(19)14-9)6-8-5-10(12(17)18)20-7(8)2/h5,9H,3-4,6H2,1-2H3,(H,14,19)(H,17,18). The summed E-state index contributed by atoms with van der Waals surface area (Å²) in [5, 5.41) is 11.6. The van der Waals surface area contributed by atoms with E-state index < -0.39 is 18.0 Å². The summed E-state index contributed by atoms with van der Waals surface area (Å²) in [6.45, 7) is 3.86. The summed E-state index contributed by atoms with van der Waals surface area (Å²) >= 11 is 1.15. The molecular weight excluding hydrogens is 280 g/mol. The van der Waals surface area contributed by atoms with Crippen molar-refractivity contribution in [1.82, 2.24) is 10.2 Å². The maximum Gasteiger partial charge on any atom is 0.345 e. The van der Waals surface area contributed by atoms with Crippen molar-refractivity contribution in [2.24, 2.45) is 0 Å². The van der Waals surface area contributed by atoms with Crippen molar-refractivity contribution in [3.05, 3.63) is 21.4 Å². The van der Waals surface area contributed by atoms with E-state index in [1.165, 1.54) is 6.07 Å². The largest absolute Gasteiger partial charge is 0.477 e. The number of imide groups is 1. The van der Waals surface area contributed by atoms with Crippen LogP contribution >= 0.6 is 11.3 Å². The van der Waals surface area contributed by atoms with Crippen LogP contribution in [0.5, 0.6) is 0 Å². The average molecular weight is 296 g/mol. The first kappa shape index (κ1) is 14.5. The Morgan fingerprint density at radius 1 is 1.50 bits per heavy atom. The maximum atomic E-state index is 12.1. The van der Waals surface area contributed by atoms with Crippen molar-refractivity contribution >= 4 is 29.2 Å². The highest BCUT2D eigenvalue weighted by molar-refractivity contribution is 7.14. The topological polar surface area (TPSA) is 86.7 Å². The highest BCUT2D eigenvalue weighted by atomic mass is 32.1. The molecule has 1 aromatic rings. The van der Waals surface area contributed by atoms with Crippen LogP contribution in [-0.4, -0.2) is 34.0 Å². The molecule has 1 aliphatic rings. The normalized spacial score (nSPS) is 18.5. The monoisotopic (exact) mass is 296 g/mol. The number of urea groups is 1.